The molecule has 0 aliphatic carbocycles. The minimum absolute atomic E-state index is 0.585. The van der Waals surface area contributed by atoms with Crippen molar-refractivity contribution in [2.24, 2.45) is 0 Å². The third kappa shape index (κ3) is 4.21. The molecular weight excluding hydrogens is 332 g/mol. The predicted octanol–water partition coefficient (Wildman–Crippen LogP) is 6.10. The van der Waals surface area contributed by atoms with Crippen LogP contribution in [0.3, 0.4) is 0 Å². The summed E-state index contributed by atoms with van der Waals surface area (Å²) in [5.41, 5.74) is 6.15. The van der Waals surface area contributed by atoms with E-state index in [0.717, 1.165) is 16.3 Å². The number of rotatable bonds is 4. The van der Waals surface area contributed by atoms with Gasteiger partial charge in [-0.3, -0.25) is 0 Å². The van der Waals surface area contributed by atoms with E-state index in [4.69, 9.17) is 0 Å². The Balaban J connectivity index is 2.26. The van der Waals surface area contributed by atoms with Gasteiger partial charge in [0, 0.05) is 0 Å². The van der Waals surface area contributed by atoms with Crippen molar-refractivity contribution in [3.8, 4) is 23.3 Å². The fourth-order valence-electron chi connectivity index (χ4n) is 4.14. The molecule has 1 atom stereocenters. The van der Waals surface area contributed by atoms with E-state index in [1.54, 1.807) is 0 Å². The molecule has 2 aromatic carbocycles. The molecule has 2 aromatic rings. The molecule has 0 saturated carbocycles. The van der Waals surface area contributed by atoms with Crippen LogP contribution in [0.5, 0.6) is 0 Å². The van der Waals surface area contributed by atoms with Crippen molar-refractivity contribution < 1.29 is 5.11 Å². The first kappa shape index (κ1) is 20.3. The van der Waals surface area contributed by atoms with Gasteiger partial charge in [-0.1, -0.05) is 83.9 Å². The maximum absolute atomic E-state index is 10.4. The van der Waals surface area contributed by atoms with E-state index in [2.05, 4.69) is 70.9 Å². The van der Waals surface area contributed by atoms with Crippen molar-refractivity contribution in [3.05, 3.63) is 48.0 Å². The molecule has 0 aliphatic heterocycles. The quantitative estimate of drug-likeness (QED) is 0.515. The van der Waals surface area contributed by atoms with Crippen LogP contribution in [0.15, 0.2) is 42.5 Å². The smallest absolute Gasteiger partial charge is 0.147 e. The minimum atomic E-state index is -1.76. The SMILES string of the molecule is CC(C)[Si](C#CC#C[C@H](O)c1ccc2ccccc2c1)(C(C)C)C(C)C. The van der Waals surface area contributed by atoms with Crippen LogP contribution in [0.2, 0.25) is 16.6 Å². The lowest BCUT2D eigenvalue weighted by molar-refractivity contribution is 0.238. The number of fused-ring (bicyclic) bond motifs is 1. The normalized spacial score (nSPS) is 12.7. The minimum Gasteiger partial charge on any atom is -0.376 e. The highest BCUT2D eigenvalue weighted by Gasteiger charge is 2.41. The molecule has 0 fully saturated rings. The highest BCUT2D eigenvalue weighted by molar-refractivity contribution is 6.90. The Morgan fingerprint density at radius 1 is 0.769 bits per heavy atom. The van der Waals surface area contributed by atoms with Crippen LogP contribution >= 0.6 is 0 Å². The fraction of sp³-hybridized carbons (Fsp3) is 0.417. The van der Waals surface area contributed by atoms with Gasteiger partial charge in [-0.2, -0.15) is 0 Å². The van der Waals surface area contributed by atoms with Crippen molar-refractivity contribution in [1.82, 2.24) is 0 Å². The molecule has 0 saturated heterocycles. The van der Waals surface area contributed by atoms with Gasteiger partial charge >= 0.3 is 0 Å². The van der Waals surface area contributed by atoms with Gasteiger partial charge in [-0.05, 0) is 50.9 Å². The summed E-state index contributed by atoms with van der Waals surface area (Å²) < 4.78 is 0. The van der Waals surface area contributed by atoms with Gasteiger partial charge in [0.2, 0.25) is 0 Å². The molecule has 0 bridgehead atoms. The summed E-state index contributed by atoms with van der Waals surface area (Å²) in [6.45, 7) is 13.7. The standard InChI is InChI=1S/C24H30OSi/c1-18(2)26(19(3)4,20(5)6)16-10-9-13-24(25)23-15-14-21-11-7-8-12-22(21)17-23/h7-8,11-12,14-15,17-20,24-25H,1-6H3/t24-/m0/s1. The predicted molar refractivity (Wildman–Crippen MR) is 116 cm³/mol. The Morgan fingerprint density at radius 3 is 1.92 bits per heavy atom. The molecule has 1 N–H and O–H groups in total. The first-order chi connectivity index (χ1) is 12.3. The van der Waals surface area contributed by atoms with Crippen LogP contribution in [0.1, 0.15) is 53.2 Å². The van der Waals surface area contributed by atoms with E-state index in [9.17, 15) is 5.11 Å². The molecule has 2 rings (SSSR count). The Labute approximate surface area is 159 Å². The van der Waals surface area contributed by atoms with Crippen molar-refractivity contribution in [2.75, 3.05) is 0 Å². The Bertz CT molecular complexity index is 850. The lowest BCUT2D eigenvalue weighted by Crippen LogP contribution is -2.43. The second kappa shape index (κ2) is 8.59. The summed E-state index contributed by atoms with van der Waals surface area (Å²) >= 11 is 0. The summed E-state index contributed by atoms with van der Waals surface area (Å²) in [5.74, 6) is 8.93. The van der Waals surface area contributed by atoms with Crippen molar-refractivity contribution in [1.29, 1.82) is 0 Å². The van der Waals surface area contributed by atoms with Gasteiger partial charge in [0.25, 0.3) is 0 Å². The van der Waals surface area contributed by atoms with E-state index in [-0.39, 0.29) is 0 Å². The largest absolute Gasteiger partial charge is 0.376 e. The van der Waals surface area contributed by atoms with Gasteiger partial charge in [0.05, 0.1) is 0 Å². The Kier molecular flexibility index (Phi) is 6.71. The zero-order valence-corrected chi connectivity index (χ0v) is 17.8. The molecule has 1 nitrogen and oxygen atoms in total. The molecule has 0 aliphatic rings. The number of benzene rings is 2. The van der Waals surface area contributed by atoms with E-state index in [0.29, 0.717) is 16.6 Å². The molecule has 0 unspecified atom stereocenters. The summed E-state index contributed by atoms with van der Waals surface area (Å²) in [7, 11) is -1.76. The van der Waals surface area contributed by atoms with Crippen molar-refractivity contribution >= 4 is 18.8 Å². The number of aliphatic hydroxyl groups excluding tert-OH is 1. The zero-order valence-electron chi connectivity index (χ0n) is 16.8. The van der Waals surface area contributed by atoms with Crippen LogP contribution < -0.4 is 0 Å². The molecule has 136 valence electrons. The molecule has 0 heterocycles. The fourth-order valence-corrected chi connectivity index (χ4v) is 9.28. The number of hydrogen-bond acceptors (Lipinski definition) is 1. The highest BCUT2D eigenvalue weighted by Crippen LogP contribution is 2.40. The van der Waals surface area contributed by atoms with E-state index < -0.39 is 14.2 Å². The monoisotopic (exact) mass is 362 g/mol. The van der Waals surface area contributed by atoms with Crippen molar-refractivity contribution in [2.45, 2.75) is 64.3 Å². The molecule has 0 aromatic heterocycles. The van der Waals surface area contributed by atoms with E-state index >= 15 is 0 Å². The van der Waals surface area contributed by atoms with Gasteiger partial charge in [0.1, 0.15) is 14.2 Å². The summed E-state index contributed by atoms with van der Waals surface area (Å²) in [6.07, 6.45) is -0.804. The first-order valence-electron chi connectivity index (χ1n) is 9.48. The molecule has 0 spiro atoms. The lowest BCUT2D eigenvalue weighted by Gasteiger charge is -2.37. The van der Waals surface area contributed by atoms with Gasteiger partial charge in [-0.25, -0.2) is 0 Å². The van der Waals surface area contributed by atoms with E-state index in [1.165, 1.54) is 0 Å². The van der Waals surface area contributed by atoms with E-state index in [1.807, 2.05) is 36.4 Å². The second-order valence-electron chi connectivity index (χ2n) is 7.93. The van der Waals surface area contributed by atoms with Gasteiger partial charge < -0.3 is 5.11 Å². The number of hydrogen-bond donors (Lipinski definition) is 1. The molecule has 0 radical (unpaired) electrons. The summed E-state index contributed by atoms with van der Waals surface area (Å²) in [5, 5.41) is 12.7. The lowest BCUT2D eigenvalue weighted by atomic mass is 10.0. The third-order valence-corrected chi connectivity index (χ3v) is 11.8. The number of aliphatic hydroxyl groups is 1. The van der Waals surface area contributed by atoms with Crippen molar-refractivity contribution in [3.63, 3.8) is 0 Å². The average molecular weight is 363 g/mol. The maximum Gasteiger partial charge on any atom is 0.147 e. The topological polar surface area (TPSA) is 20.2 Å². The molecule has 26 heavy (non-hydrogen) atoms. The molecule has 2 heteroatoms. The summed E-state index contributed by atoms with van der Waals surface area (Å²) in [4.78, 5) is 0. The van der Waals surface area contributed by atoms with Crippen LogP contribution in [0.4, 0.5) is 0 Å². The van der Waals surface area contributed by atoms with Gasteiger partial charge in [0.15, 0.2) is 0 Å². The zero-order chi connectivity index (χ0) is 19.3. The highest BCUT2D eigenvalue weighted by atomic mass is 28.3. The summed E-state index contributed by atoms with van der Waals surface area (Å²) in [6, 6.07) is 14.1. The Hall–Kier alpha value is -2.00. The van der Waals surface area contributed by atoms with Crippen LogP contribution in [-0.4, -0.2) is 13.2 Å². The molecular formula is C24H30OSi. The van der Waals surface area contributed by atoms with Crippen LogP contribution in [-0.2, 0) is 0 Å². The second-order valence-corrected chi connectivity index (χ2v) is 13.5. The Morgan fingerprint density at radius 2 is 1.35 bits per heavy atom. The average Bonchev–Trinajstić information content (AvgIpc) is 2.60. The van der Waals surface area contributed by atoms with Crippen LogP contribution in [0.25, 0.3) is 10.8 Å². The van der Waals surface area contributed by atoms with Crippen LogP contribution in [0, 0.1) is 23.3 Å². The third-order valence-electron chi connectivity index (χ3n) is 5.51. The molecule has 0 amide bonds. The first-order valence-corrected chi connectivity index (χ1v) is 11.7. The van der Waals surface area contributed by atoms with Gasteiger partial charge in [-0.15, -0.1) is 5.54 Å². The maximum atomic E-state index is 10.4.